The van der Waals surface area contributed by atoms with Gasteiger partial charge in [-0.1, -0.05) is 6.92 Å². The van der Waals surface area contributed by atoms with Crippen LogP contribution in [0.25, 0.3) is 0 Å². The molecule has 0 bridgehead atoms. The van der Waals surface area contributed by atoms with Gasteiger partial charge in [0, 0.05) is 30.2 Å². The summed E-state index contributed by atoms with van der Waals surface area (Å²) in [5.74, 6) is -0.249. The summed E-state index contributed by atoms with van der Waals surface area (Å²) in [5.41, 5.74) is -0.302. The number of carbonyl (C=O) groups is 2. The molecule has 2 rings (SSSR count). The lowest BCUT2D eigenvalue weighted by Crippen LogP contribution is -2.21. The Kier molecular flexibility index (Phi) is 7.62. The van der Waals surface area contributed by atoms with Crippen molar-refractivity contribution in [3.63, 3.8) is 0 Å². The highest BCUT2D eigenvalue weighted by Gasteiger charge is 2.14. The Morgan fingerprint density at radius 3 is 1.40 bits per heavy atom. The molecule has 2 aromatic carbocycles. The molecule has 0 fully saturated rings. The Bertz CT molecular complexity index is 836. The highest BCUT2D eigenvalue weighted by Crippen LogP contribution is 2.19. The zero-order valence-corrected chi connectivity index (χ0v) is 15.6. The molecule has 0 aliphatic heterocycles. The van der Waals surface area contributed by atoms with Crippen molar-refractivity contribution in [1.82, 2.24) is 0 Å². The van der Waals surface area contributed by atoms with Gasteiger partial charge in [-0.15, -0.1) is 0 Å². The van der Waals surface area contributed by atoms with Gasteiger partial charge < -0.3 is 18.9 Å². The number of benzene rings is 2. The number of nitro benzene ring substituents is 2. The van der Waals surface area contributed by atoms with Crippen LogP contribution in [-0.2, 0) is 9.47 Å². The van der Waals surface area contributed by atoms with Crippen LogP contribution in [-0.4, -0.2) is 35.4 Å². The molecule has 0 heterocycles. The summed E-state index contributed by atoms with van der Waals surface area (Å²) >= 11 is 0. The van der Waals surface area contributed by atoms with E-state index in [-0.39, 0.29) is 42.0 Å². The lowest BCUT2D eigenvalue weighted by Gasteiger charge is -2.12. The molecule has 0 atom stereocenters. The second-order valence-electron chi connectivity index (χ2n) is 5.93. The smallest absolute Gasteiger partial charge is 0.434 e. The minimum Gasteiger partial charge on any atom is -0.434 e. The Morgan fingerprint density at radius 1 is 0.767 bits per heavy atom. The molecular formula is C18H16N2O10. The fourth-order valence-corrected chi connectivity index (χ4v) is 1.99. The molecule has 0 aromatic heterocycles. The van der Waals surface area contributed by atoms with Crippen LogP contribution in [0.2, 0.25) is 0 Å². The zero-order valence-electron chi connectivity index (χ0n) is 15.6. The van der Waals surface area contributed by atoms with Gasteiger partial charge >= 0.3 is 12.3 Å². The summed E-state index contributed by atoms with van der Waals surface area (Å²) in [5, 5.41) is 21.1. The molecule has 158 valence electrons. The predicted molar refractivity (Wildman–Crippen MR) is 99.3 cm³/mol. The molecule has 2 aromatic rings. The second-order valence-corrected chi connectivity index (χ2v) is 5.93. The van der Waals surface area contributed by atoms with E-state index in [2.05, 4.69) is 0 Å². The summed E-state index contributed by atoms with van der Waals surface area (Å²) in [6.45, 7) is 1.38. The molecule has 12 nitrogen and oxygen atoms in total. The molecule has 0 spiro atoms. The van der Waals surface area contributed by atoms with Crippen LogP contribution in [0.3, 0.4) is 0 Å². The summed E-state index contributed by atoms with van der Waals surface area (Å²) in [6, 6.07) is 9.71. The van der Waals surface area contributed by atoms with Gasteiger partial charge in [-0.05, 0) is 24.3 Å². The van der Waals surface area contributed by atoms with E-state index < -0.39 is 22.2 Å². The average molecular weight is 420 g/mol. The normalized spacial score (nSPS) is 10.2. The van der Waals surface area contributed by atoms with E-state index in [1.165, 1.54) is 48.5 Å². The number of rotatable bonds is 8. The standard InChI is InChI=1S/C18H16N2O10/c1-12(10-27-17(21)29-15-6-2-13(3-7-15)19(23)24)11-28-18(22)30-16-8-4-14(5-9-16)20(25)26/h2-9,12H,10-11H2,1H3. The van der Waals surface area contributed by atoms with Crippen LogP contribution in [0.1, 0.15) is 6.92 Å². The van der Waals surface area contributed by atoms with E-state index in [0.29, 0.717) is 0 Å². The van der Waals surface area contributed by atoms with Gasteiger partial charge in [0.25, 0.3) is 11.4 Å². The summed E-state index contributed by atoms with van der Waals surface area (Å²) in [6.07, 6.45) is -2.05. The molecule has 0 saturated carbocycles. The Morgan fingerprint density at radius 2 is 1.10 bits per heavy atom. The molecule has 30 heavy (non-hydrogen) atoms. The fraction of sp³-hybridized carbons (Fsp3) is 0.222. The first-order chi connectivity index (χ1) is 14.2. The largest absolute Gasteiger partial charge is 0.513 e. The lowest BCUT2D eigenvalue weighted by molar-refractivity contribution is -0.385. The molecule has 0 aliphatic carbocycles. The van der Waals surface area contributed by atoms with Gasteiger partial charge in [0.05, 0.1) is 9.85 Å². The van der Waals surface area contributed by atoms with Crippen LogP contribution in [0.15, 0.2) is 48.5 Å². The van der Waals surface area contributed by atoms with E-state index in [1.54, 1.807) is 6.92 Å². The van der Waals surface area contributed by atoms with E-state index >= 15 is 0 Å². The molecular weight excluding hydrogens is 404 g/mol. The van der Waals surface area contributed by atoms with Crippen molar-refractivity contribution in [2.24, 2.45) is 5.92 Å². The Hall–Kier alpha value is -4.22. The van der Waals surface area contributed by atoms with Crippen LogP contribution in [0.5, 0.6) is 11.5 Å². The molecule has 12 heteroatoms. The van der Waals surface area contributed by atoms with Gasteiger partial charge in [0.1, 0.15) is 24.7 Å². The van der Waals surface area contributed by atoms with Gasteiger partial charge in [0.2, 0.25) is 0 Å². The molecule has 0 unspecified atom stereocenters. The van der Waals surface area contributed by atoms with Crippen LogP contribution in [0, 0.1) is 26.1 Å². The number of nitro groups is 2. The maximum atomic E-state index is 11.6. The topological polar surface area (TPSA) is 157 Å². The van der Waals surface area contributed by atoms with Gasteiger partial charge in [0.15, 0.2) is 0 Å². The van der Waals surface area contributed by atoms with Crippen molar-refractivity contribution in [2.75, 3.05) is 13.2 Å². The maximum Gasteiger partial charge on any atom is 0.513 e. The van der Waals surface area contributed by atoms with E-state index in [9.17, 15) is 29.8 Å². The molecule has 0 radical (unpaired) electrons. The molecule has 0 N–H and O–H groups in total. The fourth-order valence-electron chi connectivity index (χ4n) is 1.99. The monoisotopic (exact) mass is 420 g/mol. The second kappa shape index (κ2) is 10.4. The Labute approximate surface area is 169 Å². The van der Waals surface area contributed by atoms with E-state index in [1.807, 2.05) is 0 Å². The number of nitrogens with zero attached hydrogens (tertiary/aromatic N) is 2. The van der Waals surface area contributed by atoms with Crippen molar-refractivity contribution in [3.8, 4) is 11.5 Å². The number of hydrogen-bond donors (Lipinski definition) is 0. The quantitative estimate of drug-likeness (QED) is 0.265. The van der Waals surface area contributed by atoms with Crippen molar-refractivity contribution >= 4 is 23.7 Å². The first-order valence-electron chi connectivity index (χ1n) is 8.42. The lowest BCUT2D eigenvalue weighted by atomic mass is 10.2. The number of non-ortho nitro benzene ring substituents is 2. The summed E-state index contributed by atoms with van der Waals surface area (Å²) in [4.78, 5) is 43.2. The molecule has 0 amide bonds. The first-order valence-corrected chi connectivity index (χ1v) is 8.42. The Balaban J connectivity index is 1.68. The van der Waals surface area contributed by atoms with Crippen molar-refractivity contribution < 1.29 is 38.4 Å². The van der Waals surface area contributed by atoms with Crippen molar-refractivity contribution in [3.05, 3.63) is 68.8 Å². The van der Waals surface area contributed by atoms with Crippen molar-refractivity contribution in [2.45, 2.75) is 6.92 Å². The minimum absolute atomic E-state index is 0.0705. The molecule has 0 saturated heterocycles. The first kappa shape index (κ1) is 22.1. The van der Waals surface area contributed by atoms with Crippen LogP contribution in [0.4, 0.5) is 21.0 Å². The summed E-state index contributed by atoms with van der Waals surface area (Å²) < 4.78 is 19.5. The van der Waals surface area contributed by atoms with Gasteiger partial charge in [-0.3, -0.25) is 20.2 Å². The third-order valence-corrected chi connectivity index (χ3v) is 3.47. The third kappa shape index (κ3) is 7.07. The zero-order chi connectivity index (χ0) is 22.1. The predicted octanol–water partition coefficient (Wildman–Crippen LogP) is 3.87. The average Bonchev–Trinajstić information content (AvgIpc) is 2.71. The SMILES string of the molecule is CC(COC(=O)Oc1ccc([N+](=O)[O-])cc1)COC(=O)Oc1ccc([N+](=O)[O-])cc1. The van der Waals surface area contributed by atoms with Crippen LogP contribution >= 0.6 is 0 Å². The van der Waals surface area contributed by atoms with Gasteiger partial charge in [-0.2, -0.15) is 0 Å². The molecule has 0 aliphatic rings. The minimum atomic E-state index is -1.02. The third-order valence-electron chi connectivity index (χ3n) is 3.47. The summed E-state index contributed by atoms with van der Waals surface area (Å²) in [7, 11) is 0. The van der Waals surface area contributed by atoms with Crippen LogP contribution < -0.4 is 9.47 Å². The highest BCUT2D eigenvalue weighted by molar-refractivity contribution is 5.64. The van der Waals surface area contributed by atoms with Gasteiger partial charge in [-0.25, -0.2) is 9.59 Å². The van der Waals surface area contributed by atoms with E-state index in [0.717, 1.165) is 0 Å². The van der Waals surface area contributed by atoms with E-state index in [4.69, 9.17) is 18.9 Å². The number of ether oxygens (including phenoxy) is 4. The van der Waals surface area contributed by atoms with Crippen molar-refractivity contribution in [1.29, 1.82) is 0 Å². The highest BCUT2D eigenvalue weighted by atomic mass is 16.7. The number of hydrogen-bond acceptors (Lipinski definition) is 10. The number of carbonyl (C=O) groups excluding carboxylic acids is 2. The maximum absolute atomic E-state index is 11.6.